The second-order valence-electron chi connectivity index (χ2n) is 9.18. The molecule has 0 atom stereocenters. The van der Waals surface area contributed by atoms with E-state index in [9.17, 15) is 4.79 Å². The van der Waals surface area contributed by atoms with Gasteiger partial charge in [-0.15, -0.1) is 0 Å². The van der Waals surface area contributed by atoms with Crippen molar-refractivity contribution in [2.45, 2.75) is 32.7 Å². The summed E-state index contributed by atoms with van der Waals surface area (Å²) in [4.78, 5) is 16.0. The number of amides is 1. The number of benzene rings is 2. The quantitative estimate of drug-likeness (QED) is 0.537. The number of methoxy groups -OCH3 is 2. The summed E-state index contributed by atoms with van der Waals surface area (Å²) in [5, 5.41) is 8.06. The van der Waals surface area contributed by atoms with Crippen LogP contribution in [0.25, 0.3) is 16.9 Å². The molecule has 1 aliphatic heterocycles. The molecule has 1 saturated heterocycles. The van der Waals surface area contributed by atoms with Crippen LogP contribution in [0.5, 0.6) is 11.5 Å². The van der Waals surface area contributed by atoms with E-state index in [1.165, 1.54) is 0 Å². The Hall–Kier alpha value is -3.32. The maximum absolute atomic E-state index is 13.5. The summed E-state index contributed by atoms with van der Waals surface area (Å²) < 4.78 is 12.8. The summed E-state index contributed by atoms with van der Waals surface area (Å²) in [6.07, 6.45) is 3.69. The van der Waals surface area contributed by atoms with Gasteiger partial charge in [-0.05, 0) is 49.1 Å². The van der Waals surface area contributed by atoms with E-state index in [0.29, 0.717) is 34.2 Å². The molecule has 0 unspecified atom stereocenters. The normalized spacial score (nSPS) is 14.9. The number of ether oxygens (including phenoxy) is 2. The maximum Gasteiger partial charge on any atom is 0.255 e. The number of nitrogens with zero attached hydrogens (tertiary/aromatic N) is 3. The smallest absolute Gasteiger partial charge is 0.255 e. The zero-order valence-corrected chi connectivity index (χ0v) is 20.5. The van der Waals surface area contributed by atoms with Gasteiger partial charge in [0, 0.05) is 37.4 Å². The topological polar surface area (TPSA) is 68.6 Å². The first-order valence-electron chi connectivity index (χ1n) is 11.9. The molecule has 1 N–H and O–H groups in total. The average Bonchev–Trinajstić information content (AvgIpc) is 3.30. The predicted octanol–water partition coefficient (Wildman–Crippen LogP) is 4.41. The number of likely N-dealkylation sites (tertiary alicyclic amines) is 1. The Morgan fingerprint density at radius 3 is 2.47 bits per heavy atom. The Morgan fingerprint density at radius 2 is 1.82 bits per heavy atom. The highest BCUT2D eigenvalue weighted by Crippen LogP contribution is 2.35. The maximum atomic E-state index is 13.5. The van der Waals surface area contributed by atoms with Gasteiger partial charge in [0.1, 0.15) is 17.2 Å². The molecule has 0 radical (unpaired) electrons. The number of hydrogen-bond donors (Lipinski definition) is 1. The highest BCUT2D eigenvalue weighted by Gasteiger charge is 2.26. The minimum Gasteiger partial charge on any atom is -0.497 e. The third kappa shape index (κ3) is 5.42. The van der Waals surface area contributed by atoms with Gasteiger partial charge in [-0.3, -0.25) is 4.79 Å². The van der Waals surface area contributed by atoms with E-state index in [1.54, 1.807) is 25.1 Å². The second-order valence-corrected chi connectivity index (χ2v) is 9.18. The highest BCUT2D eigenvalue weighted by atomic mass is 16.5. The molecule has 2 heterocycles. The molecule has 7 nitrogen and oxygen atoms in total. The van der Waals surface area contributed by atoms with Crippen molar-refractivity contribution in [1.82, 2.24) is 20.0 Å². The Labute approximate surface area is 201 Å². The average molecular weight is 463 g/mol. The van der Waals surface area contributed by atoms with Crippen molar-refractivity contribution >= 4 is 5.91 Å². The number of rotatable bonds is 8. The highest BCUT2D eigenvalue weighted by molar-refractivity contribution is 6.00. The Balaban J connectivity index is 1.64. The van der Waals surface area contributed by atoms with Crippen LogP contribution in [0.4, 0.5) is 0 Å². The fourth-order valence-corrected chi connectivity index (χ4v) is 4.49. The third-order valence-corrected chi connectivity index (χ3v) is 6.19. The largest absolute Gasteiger partial charge is 0.497 e. The lowest BCUT2D eigenvalue weighted by Gasteiger charge is -2.33. The van der Waals surface area contributed by atoms with Gasteiger partial charge in [-0.25, -0.2) is 4.68 Å². The van der Waals surface area contributed by atoms with Gasteiger partial charge < -0.3 is 19.7 Å². The first kappa shape index (κ1) is 23.8. The first-order chi connectivity index (χ1) is 16.5. The standard InChI is InChI=1S/C27H34N4O3/c1-19(2)17-30-14-12-20(13-15-30)28-27(32)24-18-31(21-8-6-5-7-9-21)29-26(24)23-16-22(33-3)10-11-25(23)34-4/h5-11,16,18-20H,12-15,17H2,1-4H3,(H,28,32). The van der Waals surface area contributed by atoms with Crippen molar-refractivity contribution in [3.05, 3.63) is 60.3 Å². The van der Waals surface area contributed by atoms with E-state index in [1.807, 2.05) is 48.5 Å². The van der Waals surface area contributed by atoms with Crippen LogP contribution < -0.4 is 14.8 Å². The number of nitrogens with one attached hydrogen (secondary N) is 1. The molecule has 0 saturated carbocycles. The van der Waals surface area contributed by atoms with Crippen LogP contribution in [0.2, 0.25) is 0 Å². The van der Waals surface area contributed by atoms with Crippen LogP contribution in [-0.4, -0.2) is 60.5 Å². The molecule has 1 aromatic heterocycles. The summed E-state index contributed by atoms with van der Waals surface area (Å²) in [5.74, 6) is 1.84. The number of aromatic nitrogens is 2. The van der Waals surface area contributed by atoms with Gasteiger partial charge in [0.05, 0.1) is 25.5 Å². The fourth-order valence-electron chi connectivity index (χ4n) is 4.49. The van der Waals surface area contributed by atoms with Gasteiger partial charge in [-0.1, -0.05) is 32.0 Å². The van der Waals surface area contributed by atoms with Crippen molar-refractivity contribution < 1.29 is 14.3 Å². The van der Waals surface area contributed by atoms with Crippen LogP contribution in [-0.2, 0) is 0 Å². The number of carbonyl (C=O) groups excluding carboxylic acids is 1. The molecule has 0 spiro atoms. The molecule has 7 heteroatoms. The van der Waals surface area contributed by atoms with Crippen LogP contribution in [0, 0.1) is 5.92 Å². The number of para-hydroxylation sites is 1. The summed E-state index contributed by atoms with van der Waals surface area (Å²) >= 11 is 0. The van der Waals surface area contributed by atoms with E-state index < -0.39 is 0 Å². The molecule has 1 amide bonds. The van der Waals surface area contributed by atoms with E-state index in [4.69, 9.17) is 14.6 Å². The molecule has 3 aromatic rings. The summed E-state index contributed by atoms with van der Waals surface area (Å²) in [6, 6.07) is 15.5. The number of piperidine rings is 1. The summed E-state index contributed by atoms with van der Waals surface area (Å²) in [6.45, 7) is 7.59. The molecule has 0 aliphatic carbocycles. The summed E-state index contributed by atoms with van der Waals surface area (Å²) in [7, 11) is 3.23. The fraction of sp³-hybridized carbons (Fsp3) is 0.407. The van der Waals surface area contributed by atoms with Gasteiger partial charge >= 0.3 is 0 Å². The Morgan fingerprint density at radius 1 is 1.09 bits per heavy atom. The van der Waals surface area contributed by atoms with Crippen LogP contribution >= 0.6 is 0 Å². The van der Waals surface area contributed by atoms with Crippen molar-refractivity contribution in [3.63, 3.8) is 0 Å². The predicted molar refractivity (Wildman–Crippen MR) is 134 cm³/mol. The van der Waals surface area contributed by atoms with Crippen LogP contribution in [0.15, 0.2) is 54.7 Å². The van der Waals surface area contributed by atoms with Gasteiger partial charge in [0.25, 0.3) is 5.91 Å². The van der Waals surface area contributed by atoms with E-state index in [2.05, 4.69) is 24.1 Å². The SMILES string of the molecule is COc1ccc(OC)c(-c2nn(-c3ccccc3)cc2C(=O)NC2CCN(CC(C)C)CC2)c1. The lowest BCUT2D eigenvalue weighted by molar-refractivity contribution is 0.0908. The Bertz CT molecular complexity index is 1100. The van der Waals surface area contributed by atoms with Crippen molar-refractivity contribution in [3.8, 4) is 28.4 Å². The molecule has 34 heavy (non-hydrogen) atoms. The molecule has 1 fully saturated rings. The molecular formula is C27H34N4O3. The lowest BCUT2D eigenvalue weighted by atomic mass is 10.0. The first-order valence-corrected chi connectivity index (χ1v) is 11.9. The van der Waals surface area contributed by atoms with E-state index in [0.717, 1.165) is 38.2 Å². The molecule has 4 rings (SSSR count). The molecular weight excluding hydrogens is 428 g/mol. The van der Waals surface area contributed by atoms with Crippen molar-refractivity contribution in [2.24, 2.45) is 5.92 Å². The summed E-state index contributed by atoms with van der Waals surface area (Å²) in [5.41, 5.74) is 2.68. The molecule has 0 bridgehead atoms. The van der Waals surface area contributed by atoms with Crippen LogP contribution in [0.1, 0.15) is 37.0 Å². The number of hydrogen-bond acceptors (Lipinski definition) is 5. The zero-order valence-electron chi connectivity index (χ0n) is 20.5. The van der Waals surface area contributed by atoms with Gasteiger partial charge in [0.2, 0.25) is 0 Å². The monoisotopic (exact) mass is 462 g/mol. The number of carbonyl (C=O) groups is 1. The second kappa shape index (κ2) is 10.7. The minimum atomic E-state index is -0.121. The minimum absolute atomic E-state index is 0.121. The van der Waals surface area contributed by atoms with E-state index in [-0.39, 0.29) is 11.9 Å². The lowest BCUT2D eigenvalue weighted by Crippen LogP contribution is -2.45. The molecule has 180 valence electrons. The molecule has 1 aliphatic rings. The van der Waals surface area contributed by atoms with Crippen molar-refractivity contribution in [2.75, 3.05) is 33.9 Å². The van der Waals surface area contributed by atoms with E-state index >= 15 is 0 Å². The van der Waals surface area contributed by atoms with Crippen LogP contribution in [0.3, 0.4) is 0 Å². The Kier molecular flexibility index (Phi) is 7.53. The van der Waals surface area contributed by atoms with Crippen molar-refractivity contribution in [1.29, 1.82) is 0 Å². The van der Waals surface area contributed by atoms with Gasteiger partial charge in [0.15, 0.2) is 0 Å². The zero-order chi connectivity index (χ0) is 24.1. The molecule has 2 aromatic carbocycles. The third-order valence-electron chi connectivity index (χ3n) is 6.19. The van der Waals surface area contributed by atoms with Gasteiger partial charge in [-0.2, -0.15) is 5.10 Å².